The molecule has 1 amide bonds. The van der Waals surface area contributed by atoms with Gasteiger partial charge < -0.3 is 14.6 Å². The summed E-state index contributed by atoms with van der Waals surface area (Å²) in [7, 11) is 1.85. The highest BCUT2D eigenvalue weighted by molar-refractivity contribution is 5.95. The number of hydrogen-bond donors (Lipinski definition) is 1. The third-order valence-electron chi connectivity index (χ3n) is 6.59. The molecule has 146 valence electrons. The minimum Gasteiger partial charge on any atom is -0.388 e. The van der Waals surface area contributed by atoms with E-state index in [-0.39, 0.29) is 18.0 Å². The molecule has 2 fully saturated rings. The van der Waals surface area contributed by atoms with E-state index in [2.05, 4.69) is 20.7 Å². The van der Waals surface area contributed by atoms with Crippen LogP contribution in [0.3, 0.4) is 0 Å². The van der Waals surface area contributed by atoms with Crippen LogP contribution in [0.15, 0.2) is 36.9 Å². The first-order valence-corrected chi connectivity index (χ1v) is 9.88. The zero-order valence-electron chi connectivity index (χ0n) is 16.2. The molecule has 7 nitrogen and oxygen atoms in total. The Hall–Kier alpha value is -2.67. The molecule has 2 bridgehead atoms. The smallest absolute Gasteiger partial charge is 0.257 e. The molecule has 0 aliphatic carbocycles. The normalized spacial score (nSPS) is 26.9. The Labute approximate surface area is 163 Å². The van der Waals surface area contributed by atoms with E-state index in [1.807, 2.05) is 37.3 Å². The van der Waals surface area contributed by atoms with Crippen LogP contribution in [0.25, 0.3) is 10.9 Å². The molecule has 2 aliphatic heterocycles. The van der Waals surface area contributed by atoms with E-state index in [0.717, 1.165) is 29.4 Å². The van der Waals surface area contributed by atoms with Gasteiger partial charge in [0.25, 0.3) is 5.91 Å². The van der Waals surface area contributed by atoms with Gasteiger partial charge >= 0.3 is 0 Å². The largest absolute Gasteiger partial charge is 0.388 e. The van der Waals surface area contributed by atoms with Crippen LogP contribution in [0.2, 0.25) is 0 Å². The Kier molecular flexibility index (Phi) is 3.84. The van der Waals surface area contributed by atoms with E-state index in [0.29, 0.717) is 24.9 Å². The number of nitrogens with zero attached hydrogens (tertiary/aromatic N) is 5. The summed E-state index contributed by atoms with van der Waals surface area (Å²) >= 11 is 0. The third kappa shape index (κ3) is 2.64. The van der Waals surface area contributed by atoms with Crippen molar-refractivity contribution in [1.82, 2.24) is 24.2 Å². The summed E-state index contributed by atoms with van der Waals surface area (Å²) in [6, 6.07) is 4.20. The maximum atomic E-state index is 13.2. The first-order valence-electron chi connectivity index (χ1n) is 9.88. The predicted molar refractivity (Wildman–Crippen MR) is 105 cm³/mol. The molecule has 1 unspecified atom stereocenters. The van der Waals surface area contributed by atoms with Crippen LogP contribution in [0.5, 0.6) is 0 Å². The van der Waals surface area contributed by atoms with Gasteiger partial charge in [-0.2, -0.15) is 5.10 Å². The van der Waals surface area contributed by atoms with Crippen molar-refractivity contribution >= 4 is 16.8 Å². The summed E-state index contributed by atoms with van der Waals surface area (Å²) in [6.45, 7) is 2.46. The van der Waals surface area contributed by atoms with Crippen LogP contribution in [0, 0.1) is 6.92 Å². The molecule has 5 rings (SSSR count). The molecule has 3 aromatic heterocycles. The van der Waals surface area contributed by atoms with Crippen LogP contribution in [0.1, 0.15) is 41.7 Å². The molecule has 0 saturated carbocycles. The van der Waals surface area contributed by atoms with Gasteiger partial charge in [0.2, 0.25) is 0 Å². The van der Waals surface area contributed by atoms with Crippen molar-refractivity contribution in [2.45, 2.75) is 56.8 Å². The van der Waals surface area contributed by atoms with Gasteiger partial charge in [-0.1, -0.05) is 0 Å². The zero-order valence-corrected chi connectivity index (χ0v) is 16.2. The van der Waals surface area contributed by atoms with Crippen LogP contribution in [-0.2, 0) is 13.6 Å². The van der Waals surface area contributed by atoms with Crippen LogP contribution in [0.4, 0.5) is 0 Å². The van der Waals surface area contributed by atoms with Gasteiger partial charge in [0.15, 0.2) is 0 Å². The fourth-order valence-corrected chi connectivity index (χ4v) is 5.11. The van der Waals surface area contributed by atoms with Gasteiger partial charge in [-0.05, 0) is 44.7 Å². The fraction of sp³-hybridized carbons (Fsp3) is 0.476. The Bertz CT molecular complexity index is 1040. The third-order valence-corrected chi connectivity index (χ3v) is 6.59. The second-order valence-electron chi connectivity index (χ2n) is 8.38. The summed E-state index contributed by atoms with van der Waals surface area (Å²) in [5.74, 6) is 0.0516. The van der Waals surface area contributed by atoms with E-state index < -0.39 is 5.60 Å². The molecule has 0 aromatic carbocycles. The van der Waals surface area contributed by atoms with Crippen molar-refractivity contribution in [2.24, 2.45) is 7.05 Å². The molecule has 7 heteroatoms. The van der Waals surface area contributed by atoms with Crippen LogP contribution in [-0.4, -0.2) is 52.9 Å². The molecule has 28 heavy (non-hydrogen) atoms. The summed E-state index contributed by atoms with van der Waals surface area (Å²) in [5.41, 5.74) is 1.78. The number of piperidine rings is 1. The van der Waals surface area contributed by atoms with Gasteiger partial charge in [0, 0.05) is 42.6 Å². The lowest BCUT2D eigenvalue weighted by Gasteiger charge is -2.44. The molecule has 0 radical (unpaired) electrons. The SMILES string of the molecule is Cc1c(C(=O)N2[C@@H]3CC[C@H]2CC(O)(Cn2ccc4ccncc42)C3)cnn1C. The van der Waals surface area contributed by atoms with Crippen molar-refractivity contribution in [2.75, 3.05) is 0 Å². The van der Waals surface area contributed by atoms with E-state index >= 15 is 0 Å². The van der Waals surface area contributed by atoms with Gasteiger partial charge in [0.1, 0.15) is 0 Å². The Morgan fingerprint density at radius 1 is 1.25 bits per heavy atom. The summed E-state index contributed by atoms with van der Waals surface area (Å²) < 4.78 is 3.82. The molecular formula is C21H25N5O2. The average molecular weight is 379 g/mol. The standard InChI is InChI=1S/C21H25N5O2/c1-14-18(11-23-24(14)2)20(27)26-16-3-4-17(26)10-21(28,9-16)13-25-8-6-15-5-7-22-12-19(15)25/h5-8,11-12,16-17,28H,3-4,9-10,13H2,1-2H3/t16-,17+,21?. The highest BCUT2D eigenvalue weighted by Gasteiger charge is 2.49. The van der Waals surface area contributed by atoms with Crippen molar-refractivity contribution in [1.29, 1.82) is 0 Å². The number of amides is 1. The topological polar surface area (TPSA) is 76.2 Å². The van der Waals surface area contributed by atoms with Crippen LogP contribution < -0.4 is 0 Å². The Morgan fingerprint density at radius 2 is 2.00 bits per heavy atom. The van der Waals surface area contributed by atoms with Gasteiger partial charge in [-0.15, -0.1) is 0 Å². The molecule has 3 atom stereocenters. The minimum atomic E-state index is -0.811. The van der Waals surface area contributed by atoms with Crippen molar-refractivity contribution in [3.63, 3.8) is 0 Å². The summed E-state index contributed by atoms with van der Waals surface area (Å²) in [5, 5.41) is 16.8. The van der Waals surface area contributed by atoms with Crippen molar-refractivity contribution in [3.05, 3.63) is 48.2 Å². The number of pyridine rings is 1. The second kappa shape index (κ2) is 6.17. The molecule has 2 aliphatic rings. The second-order valence-corrected chi connectivity index (χ2v) is 8.38. The maximum absolute atomic E-state index is 13.2. The number of rotatable bonds is 3. The lowest BCUT2D eigenvalue weighted by atomic mass is 9.85. The highest BCUT2D eigenvalue weighted by Crippen LogP contribution is 2.42. The number of hydrogen-bond acceptors (Lipinski definition) is 4. The van der Waals surface area contributed by atoms with E-state index in [1.165, 1.54) is 0 Å². The number of aliphatic hydroxyl groups is 1. The highest BCUT2D eigenvalue weighted by atomic mass is 16.3. The number of fused-ring (bicyclic) bond motifs is 3. The van der Waals surface area contributed by atoms with Crippen molar-refractivity contribution in [3.8, 4) is 0 Å². The maximum Gasteiger partial charge on any atom is 0.257 e. The molecule has 3 aromatic rings. The molecular weight excluding hydrogens is 354 g/mol. The lowest BCUT2D eigenvalue weighted by Crippen LogP contribution is -2.54. The van der Waals surface area contributed by atoms with Crippen LogP contribution >= 0.6 is 0 Å². The van der Waals surface area contributed by atoms with E-state index in [1.54, 1.807) is 17.1 Å². The van der Waals surface area contributed by atoms with Crippen molar-refractivity contribution < 1.29 is 9.90 Å². The number of carbonyl (C=O) groups is 1. The quantitative estimate of drug-likeness (QED) is 0.757. The van der Waals surface area contributed by atoms with E-state index in [9.17, 15) is 9.90 Å². The fourth-order valence-electron chi connectivity index (χ4n) is 5.11. The molecule has 0 spiro atoms. The molecule has 2 saturated heterocycles. The lowest BCUT2D eigenvalue weighted by molar-refractivity contribution is -0.0533. The Morgan fingerprint density at radius 3 is 2.68 bits per heavy atom. The van der Waals surface area contributed by atoms with Gasteiger partial charge in [0.05, 0.1) is 35.6 Å². The average Bonchev–Trinajstić information content (AvgIpc) is 3.31. The summed E-state index contributed by atoms with van der Waals surface area (Å²) in [6.07, 6.45) is 10.4. The summed E-state index contributed by atoms with van der Waals surface area (Å²) in [4.78, 5) is 19.4. The minimum absolute atomic E-state index is 0.0516. The van der Waals surface area contributed by atoms with E-state index in [4.69, 9.17) is 0 Å². The monoisotopic (exact) mass is 379 g/mol. The molecule has 5 heterocycles. The number of carbonyl (C=O) groups excluding carboxylic acids is 1. The molecule has 1 N–H and O–H groups in total. The zero-order chi connectivity index (χ0) is 19.5. The first kappa shape index (κ1) is 17.4. The number of aryl methyl sites for hydroxylation is 1. The first-order chi connectivity index (χ1) is 13.5. The Balaban J connectivity index is 1.39. The predicted octanol–water partition coefficient (Wildman–Crippen LogP) is 2.28. The number of aromatic nitrogens is 4. The van der Waals surface area contributed by atoms with Gasteiger partial charge in [-0.25, -0.2) is 0 Å². The van der Waals surface area contributed by atoms with Gasteiger partial charge in [-0.3, -0.25) is 14.5 Å².